The zero-order chi connectivity index (χ0) is 50.0. The van der Waals surface area contributed by atoms with Crippen LogP contribution in [-0.4, -0.2) is 37.2 Å². The van der Waals surface area contributed by atoms with E-state index in [1.807, 2.05) is 0 Å². The van der Waals surface area contributed by atoms with Crippen molar-refractivity contribution in [2.75, 3.05) is 13.2 Å². The second-order valence-electron chi connectivity index (χ2n) is 19.2. The van der Waals surface area contributed by atoms with Crippen LogP contribution in [0.3, 0.4) is 0 Å². The third kappa shape index (κ3) is 55.4. The lowest BCUT2D eigenvalue weighted by Gasteiger charge is -2.18. The summed E-state index contributed by atoms with van der Waals surface area (Å²) < 4.78 is 16.7. The first-order valence-corrected chi connectivity index (χ1v) is 29.1. The molecule has 69 heavy (non-hydrogen) atoms. The van der Waals surface area contributed by atoms with Crippen LogP contribution in [0.2, 0.25) is 0 Å². The van der Waals surface area contributed by atoms with Gasteiger partial charge in [-0.05, 0) is 77.0 Å². The van der Waals surface area contributed by atoms with E-state index in [4.69, 9.17) is 14.2 Å². The number of hydrogen-bond donors (Lipinski definition) is 0. The van der Waals surface area contributed by atoms with Crippen LogP contribution in [0.15, 0.2) is 85.1 Å². The molecule has 0 aromatic rings. The van der Waals surface area contributed by atoms with Crippen molar-refractivity contribution in [2.24, 2.45) is 0 Å². The molecule has 0 N–H and O–H groups in total. The van der Waals surface area contributed by atoms with Gasteiger partial charge in [0.15, 0.2) is 6.10 Å². The normalized spacial score (nSPS) is 12.7. The van der Waals surface area contributed by atoms with E-state index >= 15 is 0 Å². The fourth-order valence-corrected chi connectivity index (χ4v) is 8.07. The number of ether oxygens (including phenoxy) is 3. The molecule has 0 aliphatic rings. The van der Waals surface area contributed by atoms with Gasteiger partial charge >= 0.3 is 17.9 Å². The van der Waals surface area contributed by atoms with Gasteiger partial charge in [-0.3, -0.25) is 14.4 Å². The molecule has 0 fully saturated rings. The zero-order valence-electron chi connectivity index (χ0n) is 45.3. The fraction of sp³-hybridized carbons (Fsp3) is 0.730. The first-order chi connectivity index (χ1) is 34.0. The Labute approximate surface area is 426 Å². The molecule has 0 bridgehead atoms. The van der Waals surface area contributed by atoms with Crippen LogP contribution in [0.1, 0.15) is 278 Å². The SMILES string of the molecule is CC/C=C\C/C=C\C/C=C\C/C=C\C/C=C\C/C=C\C/C=C\CCCCCCCCCCCCCCCC(=O)OCC(COC(=O)CCCCCCCC)OC(=O)CCCCCCCCCCCC. The van der Waals surface area contributed by atoms with Gasteiger partial charge in [0.25, 0.3) is 0 Å². The van der Waals surface area contributed by atoms with Gasteiger partial charge in [0.1, 0.15) is 13.2 Å². The highest BCUT2D eigenvalue weighted by molar-refractivity contribution is 5.71. The Balaban J connectivity index is 3.94. The molecule has 0 aliphatic carbocycles. The van der Waals surface area contributed by atoms with Crippen molar-refractivity contribution in [3.8, 4) is 0 Å². The Kier molecular flexibility index (Phi) is 54.3. The average Bonchev–Trinajstić information content (AvgIpc) is 3.35. The van der Waals surface area contributed by atoms with Gasteiger partial charge in [-0.2, -0.15) is 0 Å². The van der Waals surface area contributed by atoms with Crippen molar-refractivity contribution in [3.63, 3.8) is 0 Å². The largest absolute Gasteiger partial charge is 0.462 e. The number of hydrogen-bond acceptors (Lipinski definition) is 6. The van der Waals surface area contributed by atoms with Crippen molar-refractivity contribution in [1.29, 1.82) is 0 Å². The topological polar surface area (TPSA) is 78.9 Å². The van der Waals surface area contributed by atoms with E-state index in [9.17, 15) is 14.4 Å². The van der Waals surface area contributed by atoms with Gasteiger partial charge in [-0.15, -0.1) is 0 Å². The summed E-state index contributed by atoms with van der Waals surface area (Å²) in [4.78, 5) is 37.7. The minimum atomic E-state index is -0.768. The van der Waals surface area contributed by atoms with Gasteiger partial charge in [-0.25, -0.2) is 0 Å². The molecule has 0 rings (SSSR count). The quantitative estimate of drug-likeness (QED) is 0.0262. The van der Waals surface area contributed by atoms with Crippen LogP contribution >= 0.6 is 0 Å². The second-order valence-corrected chi connectivity index (χ2v) is 19.2. The van der Waals surface area contributed by atoms with Crippen molar-refractivity contribution >= 4 is 17.9 Å². The second kappa shape index (κ2) is 57.2. The maximum Gasteiger partial charge on any atom is 0.306 e. The lowest BCUT2D eigenvalue weighted by Crippen LogP contribution is -2.30. The van der Waals surface area contributed by atoms with Crippen LogP contribution in [0, 0.1) is 0 Å². The summed E-state index contributed by atoms with van der Waals surface area (Å²) >= 11 is 0. The zero-order valence-corrected chi connectivity index (χ0v) is 45.3. The molecule has 0 radical (unpaired) electrons. The summed E-state index contributed by atoms with van der Waals surface area (Å²) in [7, 11) is 0. The molecule has 6 nitrogen and oxygen atoms in total. The minimum absolute atomic E-state index is 0.0726. The molecule has 0 aliphatic heterocycles. The Morgan fingerprint density at radius 3 is 0.884 bits per heavy atom. The highest BCUT2D eigenvalue weighted by Crippen LogP contribution is 2.16. The van der Waals surface area contributed by atoms with Crippen LogP contribution in [-0.2, 0) is 28.6 Å². The van der Waals surface area contributed by atoms with Crippen LogP contribution in [0.25, 0.3) is 0 Å². The van der Waals surface area contributed by atoms with Gasteiger partial charge in [0.05, 0.1) is 0 Å². The lowest BCUT2D eigenvalue weighted by molar-refractivity contribution is -0.167. The van der Waals surface area contributed by atoms with E-state index < -0.39 is 6.10 Å². The molecular weight excluding hydrogens is 853 g/mol. The molecule has 0 saturated carbocycles. The van der Waals surface area contributed by atoms with Gasteiger partial charge in [0, 0.05) is 19.3 Å². The Morgan fingerprint density at radius 1 is 0.304 bits per heavy atom. The predicted molar refractivity (Wildman–Crippen MR) is 297 cm³/mol. The van der Waals surface area contributed by atoms with Crippen LogP contribution in [0.5, 0.6) is 0 Å². The Bertz CT molecular complexity index is 1330. The summed E-state index contributed by atoms with van der Waals surface area (Å²) in [6, 6.07) is 0. The van der Waals surface area contributed by atoms with Crippen molar-refractivity contribution < 1.29 is 28.6 Å². The van der Waals surface area contributed by atoms with Gasteiger partial charge < -0.3 is 14.2 Å². The summed E-state index contributed by atoms with van der Waals surface area (Å²) in [6.07, 6.45) is 74.9. The molecule has 0 heterocycles. The summed E-state index contributed by atoms with van der Waals surface area (Å²) in [5.41, 5.74) is 0. The van der Waals surface area contributed by atoms with Gasteiger partial charge in [-0.1, -0.05) is 266 Å². The minimum Gasteiger partial charge on any atom is -0.462 e. The van der Waals surface area contributed by atoms with Crippen molar-refractivity contribution in [1.82, 2.24) is 0 Å². The van der Waals surface area contributed by atoms with E-state index in [-0.39, 0.29) is 31.1 Å². The lowest BCUT2D eigenvalue weighted by atomic mass is 10.0. The summed E-state index contributed by atoms with van der Waals surface area (Å²) in [6.45, 7) is 6.46. The van der Waals surface area contributed by atoms with E-state index in [2.05, 4.69) is 106 Å². The smallest absolute Gasteiger partial charge is 0.306 e. The van der Waals surface area contributed by atoms with E-state index in [1.54, 1.807) is 0 Å². The monoisotopic (exact) mass is 961 g/mol. The third-order valence-electron chi connectivity index (χ3n) is 12.4. The molecule has 0 spiro atoms. The number of rotatable bonds is 52. The number of allylic oxidation sites excluding steroid dienone is 14. The molecular formula is C63H108O6. The first-order valence-electron chi connectivity index (χ1n) is 29.1. The Hall–Kier alpha value is -3.41. The molecule has 396 valence electrons. The molecule has 0 saturated heterocycles. The first kappa shape index (κ1) is 65.6. The van der Waals surface area contributed by atoms with Crippen LogP contribution < -0.4 is 0 Å². The highest BCUT2D eigenvalue weighted by Gasteiger charge is 2.19. The maximum atomic E-state index is 12.7. The molecule has 0 amide bonds. The summed E-state index contributed by atoms with van der Waals surface area (Å²) in [5.74, 6) is -0.880. The average molecular weight is 962 g/mol. The van der Waals surface area contributed by atoms with E-state index in [0.717, 1.165) is 103 Å². The molecule has 1 unspecified atom stereocenters. The van der Waals surface area contributed by atoms with E-state index in [1.165, 1.54) is 135 Å². The number of esters is 3. The van der Waals surface area contributed by atoms with E-state index in [0.29, 0.717) is 19.3 Å². The van der Waals surface area contributed by atoms with Crippen molar-refractivity contribution in [2.45, 2.75) is 284 Å². The highest BCUT2D eigenvalue weighted by atomic mass is 16.6. The molecule has 0 aromatic heterocycles. The van der Waals surface area contributed by atoms with Crippen LogP contribution in [0.4, 0.5) is 0 Å². The number of carbonyl (C=O) groups is 3. The van der Waals surface area contributed by atoms with Crippen molar-refractivity contribution in [3.05, 3.63) is 85.1 Å². The molecule has 0 aromatic carbocycles. The maximum absolute atomic E-state index is 12.7. The number of unbranched alkanes of at least 4 members (excludes halogenated alkanes) is 27. The van der Waals surface area contributed by atoms with Gasteiger partial charge in [0.2, 0.25) is 0 Å². The fourth-order valence-electron chi connectivity index (χ4n) is 8.07. The standard InChI is InChI=1S/C63H108O6/c1-4-7-10-13-16-18-20-21-22-23-24-25-26-27-28-29-30-31-32-33-34-35-36-37-38-39-40-41-42-43-44-46-47-50-53-56-62(65)68-59-60(58-67-61(64)55-52-49-15-12-9-6-3)69-63(66)57-54-51-48-45-19-17-14-11-8-5-2/h7,10,16,18,21-22,24-25,27-28,30-31,33-34,60H,4-6,8-9,11-15,17,19-20,23,26,29,32,35-59H2,1-3H3/b10-7-,18-16-,22-21-,25-24-,28-27-,31-30-,34-33-. The Morgan fingerprint density at radius 2 is 0.565 bits per heavy atom. The third-order valence-corrected chi connectivity index (χ3v) is 12.4. The molecule has 6 heteroatoms. The summed E-state index contributed by atoms with van der Waals surface area (Å²) in [5, 5.41) is 0. The predicted octanol–water partition coefficient (Wildman–Crippen LogP) is 19.5. The molecule has 1 atom stereocenters. The number of carbonyl (C=O) groups excluding carboxylic acids is 3.